The van der Waals surface area contributed by atoms with Crippen LogP contribution in [-0.4, -0.2) is 16.5 Å². The standard InChI is InChI=1S/C13H16N4/c14-10-12-13(17-9-8-15-12)16-7-6-11-4-2-1-3-5-11/h4,8-9H,1-3,5-7H2,(H,16,17). The minimum atomic E-state index is 0.366. The van der Waals surface area contributed by atoms with Gasteiger partial charge in [0.1, 0.15) is 6.07 Å². The lowest BCUT2D eigenvalue weighted by molar-refractivity contribution is 0.679. The van der Waals surface area contributed by atoms with Gasteiger partial charge in [-0.2, -0.15) is 5.26 Å². The highest BCUT2D eigenvalue weighted by molar-refractivity contribution is 5.46. The van der Waals surface area contributed by atoms with Crippen molar-refractivity contribution < 1.29 is 0 Å². The Morgan fingerprint density at radius 3 is 2.94 bits per heavy atom. The van der Waals surface area contributed by atoms with Gasteiger partial charge < -0.3 is 5.32 Å². The lowest BCUT2D eigenvalue weighted by atomic mass is 9.97. The van der Waals surface area contributed by atoms with Gasteiger partial charge in [0.15, 0.2) is 11.5 Å². The van der Waals surface area contributed by atoms with E-state index in [9.17, 15) is 0 Å². The third-order valence-corrected chi connectivity index (χ3v) is 2.93. The van der Waals surface area contributed by atoms with Crippen LogP contribution in [0.5, 0.6) is 0 Å². The first-order valence-corrected chi connectivity index (χ1v) is 6.03. The molecule has 0 saturated carbocycles. The molecule has 1 aliphatic rings. The van der Waals surface area contributed by atoms with Gasteiger partial charge in [-0.1, -0.05) is 11.6 Å². The van der Waals surface area contributed by atoms with Gasteiger partial charge in [-0.25, -0.2) is 9.97 Å². The molecule has 1 N–H and O–H groups in total. The fraction of sp³-hybridized carbons (Fsp3) is 0.462. The fourth-order valence-corrected chi connectivity index (χ4v) is 2.02. The molecule has 1 aromatic rings. The zero-order chi connectivity index (χ0) is 11.9. The molecule has 4 nitrogen and oxygen atoms in total. The minimum absolute atomic E-state index is 0.366. The minimum Gasteiger partial charge on any atom is -0.367 e. The van der Waals surface area contributed by atoms with Crippen LogP contribution >= 0.6 is 0 Å². The molecular formula is C13H16N4. The molecule has 0 bridgehead atoms. The quantitative estimate of drug-likeness (QED) is 0.805. The Balaban J connectivity index is 1.86. The Morgan fingerprint density at radius 1 is 1.29 bits per heavy atom. The summed E-state index contributed by atoms with van der Waals surface area (Å²) in [5.74, 6) is 0.589. The van der Waals surface area contributed by atoms with E-state index in [2.05, 4.69) is 21.4 Å². The Kier molecular flexibility index (Phi) is 4.09. The highest BCUT2D eigenvalue weighted by Crippen LogP contribution is 2.20. The normalized spacial score (nSPS) is 14.9. The summed E-state index contributed by atoms with van der Waals surface area (Å²) in [5.41, 5.74) is 1.89. The van der Waals surface area contributed by atoms with E-state index < -0.39 is 0 Å². The van der Waals surface area contributed by atoms with Crippen LogP contribution in [0.15, 0.2) is 24.0 Å². The Bertz CT molecular complexity index is 445. The number of allylic oxidation sites excluding steroid dienone is 1. The maximum Gasteiger partial charge on any atom is 0.182 e. The van der Waals surface area contributed by atoms with E-state index in [4.69, 9.17) is 5.26 Å². The summed E-state index contributed by atoms with van der Waals surface area (Å²) < 4.78 is 0. The number of anilines is 1. The first kappa shape index (κ1) is 11.6. The summed E-state index contributed by atoms with van der Waals surface area (Å²) in [7, 11) is 0. The topological polar surface area (TPSA) is 61.6 Å². The predicted molar refractivity (Wildman–Crippen MR) is 66.4 cm³/mol. The molecule has 0 amide bonds. The first-order chi connectivity index (χ1) is 8.40. The molecule has 0 radical (unpaired) electrons. The second kappa shape index (κ2) is 6.00. The third kappa shape index (κ3) is 3.28. The van der Waals surface area contributed by atoms with Crippen LogP contribution in [0, 0.1) is 11.3 Å². The number of rotatable bonds is 4. The second-order valence-corrected chi connectivity index (χ2v) is 4.15. The average Bonchev–Trinajstić information content (AvgIpc) is 2.40. The van der Waals surface area contributed by atoms with Gasteiger partial charge in [0.05, 0.1) is 0 Å². The Labute approximate surface area is 101 Å². The summed E-state index contributed by atoms with van der Waals surface area (Å²) in [5, 5.41) is 12.0. The molecule has 0 fully saturated rings. The first-order valence-electron chi connectivity index (χ1n) is 6.03. The van der Waals surface area contributed by atoms with Crippen molar-refractivity contribution in [3.8, 4) is 6.07 Å². The number of hydrogen-bond donors (Lipinski definition) is 1. The van der Waals surface area contributed by atoms with Gasteiger partial charge in [0.2, 0.25) is 0 Å². The van der Waals surface area contributed by atoms with Crippen molar-refractivity contribution in [2.24, 2.45) is 0 Å². The lowest BCUT2D eigenvalue weighted by Gasteiger charge is -2.13. The third-order valence-electron chi connectivity index (χ3n) is 2.93. The molecule has 1 heterocycles. The van der Waals surface area contributed by atoms with Gasteiger partial charge in [0, 0.05) is 18.9 Å². The zero-order valence-corrected chi connectivity index (χ0v) is 9.82. The maximum atomic E-state index is 8.86. The summed E-state index contributed by atoms with van der Waals surface area (Å²) in [6.07, 6.45) is 11.6. The van der Waals surface area contributed by atoms with E-state index in [1.807, 2.05) is 6.07 Å². The molecule has 4 heteroatoms. The smallest absolute Gasteiger partial charge is 0.182 e. The molecule has 0 atom stereocenters. The Morgan fingerprint density at radius 2 is 2.18 bits per heavy atom. The van der Waals surface area contributed by atoms with Crippen LogP contribution in [0.1, 0.15) is 37.8 Å². The summed E-state index contributed by atoms with van der Waals surface area (Å²) >= 11 is 0. The molecule has 1 aromatic heterocycles. The number of nitrogens with zero attached hydrogens (tertiary/aromatic N) is 3. The van der Waals surface area contributed by atoms with Crippen LogP contribution in [0.4, 0.5) is 5.82 Å². The van der Waals surface area contributed by atoms with Crippen molar-refractivity contribution >= 4 is 5.82 Å². The van der Waals surface area contributed by atoms with Crippen molar-refractivity contribution in [3.05, 3.63) is 29.7 Å². The van der Waals surface area contributed by atoms with Crippen LogP contribution in [-0.2, 0) is 0 Å². The molecule has 2 rings (SSSR count). The van der Waals surface area contributed by atoms with Crippen LogP contribution in [0.2, 0.25) is 0 Å². The highest BCUT2D eigenvalue weighted by atomic mass is 15.0. The summed E-state index contributed by atoms with van der Waals surface area (Å²) in [6, 6.07) is 2.03. The largest absolute Gasteiger partial charge is 0.367 e. The molecule has 0 aromatic carbocycles. The molecule has 88 valence electrons. The number of nitriles is 1. The van der Waals surface area contributed by atoms with Crippen LogP contribution in [0.3, 0.4) is 0 Å². The van der Waals surface area contributed by atoms with Gasteiger partial charge in [-0.05, 0) is 32.1 Å². The zero-order valence-electron chi connectivity index (χ0n) is 9.82. The van der Waals surface area contributed by atoms with Gasteiger partial charge in [-0.15, -0.1) is 0 Å². The lowest BCUT2D eigenvalue weighted by Crippen LogP contribution is -2.07. The van der Waals surface area contributed by atoms with Gasteiger partial charge in [-0.3, -0.25) is 0 Å². The van der Waals surface area contributed by atoms with Crippen LogP contribution < -0.4 is 5.32 Å². The number of hydrogen-bond acceptors (Lipinski definition) is 4. The van der Waals surface area contributed by atoms with E-state index in [0.717, 1.165) is 13.0 Å². The van der Waals surface area contributed by atoms with Crippen molar-refractivity contribution in [1.82, 2.24) is 9.97 Å². The SMILES string of the molecule is N#Cc1nccnc1NCCC1=CCCCC1. The predicted octanol–water partition coefficient (Wildman–Crippen LogP) is 2.65. The monoisotopic (exact) mass is 228 g/mol. The molecule has 0 aliphatic heterocycles. The molecule has 1 aliphatic carbocycles. The van der Waals surface area contributed by atoms with Gasteiger partial charge >= 0.3 is 0 Å². The number of nitrogens with one attached hydrogen (secondary N) is 1. The highest BCUT2D eigenvalue weighted by Gasteiger charge is 2.05. The fourth-order valence-electron chi connectivity index (χ4n) is 2.02. The second-order valence-electron chi connectivity index (χ2n) is 4.15. The maximum absolute atomic E-state index is 8.86. The average molecular weight is 228 g/mol. The van der Waals surface area contributed by atoms with E-state index in [1.165, 1.54) is 37.5 Å². The Hall–Kier alpha value is -1.89. The van der Waals surface area contributed by atoms with Crippen molar-refractivity contribution in [2.45, 2.75) is 32.1 Å². The van der Waals surface area contributed by atoms with Gasteiger partial charge in [0.25, 0.3) is 0 Å². The summed E-state index contributed by atoms with van der Waals surface area (Å²) in [6.45, 7) is 0.819. The molecule has 0 spiro atoms. The van der Waals surface area contributed by atoms with E-state index in [1.54, 1.807) is 6.20 Å². The molecule has 0 unspecified atom stereocenters. The molecular weight excluding hydrogens is 212 g/mol. The number of aromatic nitrogens is 2. The molecule has 17 heavy (non-hydrogen) atoms. The van der Waals surface area contributed by atoms with E-state index in [-0.39, 0.29) is 0 Å². The molecule has 0 saturated heterocycles. The van der Waals surface area contributed by atoms with Crippen molar-refractivity contribution in [1.29, 1.82) is 5.26 Å². The van der Waals surface area contributed by atoms with Crippen molar-refractivity contribution in [2.75, 3.05) is 11.9 Å². The van der Waals surface area contributed by atoms with Crippen molar-refractivity contribution in [3.63, 3.8) is 0 Å². The van der Waals surface area contributed by atoms with E-state index >= 15 is 0 Å². The van der Waals surface area contributed by atoms with E-state index in [0.29, 0.717) is 11.5 Å². The summed E-state index contributed by atoms with van der Waals surface area (Å²) in [4.78, 5) is 8.08. The van der Waals surface area contributed by atoms with Crippen LogP contribution in [0.25, 0.3) is 0 Å².